The van der Waals surface area contributed by atoms with E-state index in [2.05, 4.69) is 4.90 Å². The van der Waals surface area contributed by atoms with Crippen LogP contribution < -0.4 is 0 Å². The molecule has 0 atom stereocenters. The molecule has 2 amide bonds. The molecule has 1 aliphatic heterocycles. The lowest BCUT2D eigenvalue weighted by Crippen LogP contribution is -2.55. The lowest BCUT2D eigenvalue weighted by molar-refractivity contribution is -0.157. The quantitative estimate of drug-likeness (QED) is 0.663. The molecule has 1 heterocycles. The van der Waals surface area contributed by atoms with Crippen LogP contribution in [-0.4, -0.2) is 74.7 Å². The third kappa shape index (κ3) is 4.02. The van der Waals surface area contributed by atoms with Crippen LogP contribution >= 0.6 is 0 Å². The summed E-state index contributed by atoms with van der Waals surface area (Å²) < 4.78 is 10.3. The molecule has 0 unspecified atom stereocenters. The van der Waals surface area contributed by atoms with E-state index in [0.717, 1.165) is 56.5 Å². The number of carbonyl (C=O) groups is 2. The fraction of sp³-hybridized carbons (Fsp3) is 0.905. The Hall–Kier alpha value is -1.14. The summed E-state index contributed by atoms with van der Waals surface area (Å²) >= 11 is 0. The largest absolute Gasteiger partial charge is 0.382 e. The standard InChI is InChI=1S/C21H34N2O4/c1-26-7-8-27-15-19(24)22-3-2-4-23(6-5-22)20(25)21-12-16-9-17(13-21)11-18(10-16)14-21/h16-18H,2-15H2,1H3. The van der Waals surface area contributed by atoms with Crippen molar-refractivity contribution in [3.63, 3.8) is 0 Å². The molecule has 152 valence electrons. The summed E-state index contributed by atoms with van der Waals surface area (Å²) in [5.41, 5.74) is -0.0722. The van der Waals surface area contributed by atoms with Gasteiger partial charge < -0.3 is 19.3 Å². The average molecular weight is 379 g/mol. The highest BCUT2D eigenvalue weighted by Crippen LogP contribution is 2.60. The Labute approximate surface area is 162 Å². The third-order valence-corrected chi connectivity index (χ3v) is 7.29. The van der Waals surface area contributed by atoms with Crippen LogP contribution in [0, 0.1) is 23.2 Å². The smallest absolute Gasteiger partial charge is 0.248 e. The minimum absolute atomic E-state index is 0.0233. The summed E-state index contributed by atoms with van der Waals surface area (Å²) in [5.74, 6) is 2.78. The predicted molar refractivity (Wildman–Crippen MR) is 101 cm³/mol. The molecule has 6 nitrogen and oxygen atoms in total. The molecule has 0 aromatic heterocycles. The maximum absolute atomic E-state index is 13.5. The van der Waals surface area contributed by atoms with Crippen molar-refractivity contribution < 1.29 is 19.1 Å². The first kappa shape index (κ1) is 19.2. The van der Waals surface area contributed by atoms with E-state index in [-0.39, 0.29) is 17.9 Å². The van der Waals surface area contributed by atoms with Crippen LogP contribution in [0.4, 0.5) is 0 Å². The van der Waals surface area contributed by atoms with Crippen molar-refractivity contribution in [1.29, 1.82) is 0 Å². The molecule has 4 aliphatic carbocycles. The minimum Gasteiger partial charge on any atom is -0.382 e. The summed E-state index contributed by atoms with van der Waals surface area (Å²) in [6, 6.07) is 0. The lowest BCUT2D eigenvalue weighted by atomic mass is 9.49. The zero-order chi connectivity index (χ0) is 18.9. The number of methoxy groups -OCH3 is 1. The number of hydrogen-bond donors (Lipinski definition) is 0. The van der Waals surface area contributed by atoms with Gasteiger partial charge in [0.15, 0.2) is 0 Å². The minimum atomic E-state index is -0.0722. The predicted octanol–water partition coefficient (Wildman–Crippen LogP) is 1.93. The molecule has 0 spiro atoms. The van der Waals surface area contributed by atoms with Crippen LogP contribution in [0.15, 0.2) is 0 Å². The normalized spacial score (nSPS) is 35.4. The first-order valence-corrected chi connectivity index (χ1v) is 10.7. The molecule has 0 radical (unpaired) electrons. The fourth-order valence-corrected chi connectivity index (χ4v) is 6.47. The highest BCUT2D eigenvalue weighted by Gasteiger charge is 2.55. The van der Waals surface area contributed by atoms with Crippen molar-refractivity contribution in [2.75, 3.05) is 53.1 Å². The molecule has 6 heteroatoms. The van der Waals surface area contributed by atoms with Gasteiger partial charge in [-0.1, -0.05) is 0 Å². The molecule has 4 saturated carbocycles. The number of ether oxygens (including phenoxy) is 2. The van der Waals surface area contributed by atoms with Crippen LogP contribution in [0.25, 0.3) is 0 Å². The van der Waals surface area contributed by atoms with Crippen LogP contribution in [0.5, 0.6) is 0 Å². The zero-order valence-corrected chi connectivity index (χ0v) is 16.7. The van der Waals surface area contributed by atoms with Crippen LogP contribution in [0.1, 0.15) is 44.9 Å². The second-order valence-corrected chi connectivity index (χ2v) is 9.27. The Kier molecular flexibility index (Phi) is 5.74. The molecule has 0 N–H and O–H groups in total. The van der Waals surface area contributed by atoms with E-state index in [1.54, 1.807) is 7.11 Å². The van der Waals surface area contributed by atoms with E-state index in [4.69, 9.17) is 9.47 Å². The Balaban J connectivity index is 1.32. The first-order chi connectivity index (χ1) is 13.1. The van der Waals surface area contributed by atoms with Gasteiger partial charge >= 0.3 is 0 Å². The van der Waals surface area contributed by atoms with Crippen molar-refractivity contribution in [1.82, 2.24) is 9.80 Å². The molecule has 1 saturated heterocycles. The topological polar surface area (TPSA) is 59.1 Å². The van der Waals surface area contributed by atoms with Gasteiger partial charge in [0.25, 0.3) is 0 Å². The molecule has 5 aliphatic rings. The van der Waals surface area contributed by atoms with Crippen molar-refractivity contribution >= 4 is 11.8 Å². The number of rotatable bonds is 6. The van der Waals surface area contributed by atoms with Gasteiger partial charge in [0.2, 0.25) is 11.8 Å². The average Bonchev–Trinajstić information content (AvgIpc) is 2.89. The molecule has 4 bridgehead atoms. The monoisotopic (exact) mass is 378 g/mol. The van der Waals surface area contributed by atoms with Gasteiger partial charge in [-0.05, 0) is 62.7 Å². The van der Waals surface area contributed by atoms with E-state index in [0.29, 0.717) is 32.2 Å². The van der Waals surface area contributed by atoms with Crippen LogP contribution in [0.2, 0.25) is 0 Å². The first-order valence-electron chi connectivity index (χ1n) is 10.7. The Morgan fingerprint density at radius 1 is 0.889 bits per heavy atom. The van der Waals surface area contributed by atoms with Crippen LogP contribution in [-0.2, 0) is 19.1 Å². The highest BCUT2D eigenvalue weighted by molar-refractivity contribution is 5.83. The maximum Gasteiger partial charge on any atom is 0.248 e. The van der Waals surface area contributed by atoms with Gasteiger partial charge in [-0.3, -0.25) is 9.59 Å². The Bertz CT molecular complexity index is 529. The third-order valence-electron chi connectivity index (χ3n) is 7.29. The number of carbonyl (C=O) groups excluding carboxylic acids is 2. The second kappa shape index (κ2) is 8.08. The van der Waals surface area contributed by atoms with Gasteiger partial charge in [-0.2, -0.15) is 0 Å². The number of amides is 2. The Morgan fingerprint density at radius 2 is 1.48 bits per heavy atom. The summed E-state index contributed by atoms with van der Waals surface area (Å²) in [6.45, 7) is 3.85. The molecule has 0 aromatic carbocycles. The Morgan fingerprint density at radius 3 is 2.11 bits per heavy atom. The van der Waals surface area contributed by atoms with E-state index >= 15 is 0 Å². The van der Waals surface area contributed by atoms with Crippen molar-refractivity contribution in [3.05, 3.63) is 0 Å². The molecular formula is C21H34N2O4. The van der Waals surface area contributed by atoms with Gasteiger partial charge in [-0.15, -0.1) is 0 Å². The SMILES string of the molecule is COCCOCC(=O)N1CCCN(C(=O)C23CC4CC(CC(C4)C2)C3)CC1. The van der Waals surface area contributed by atoms with E-state index < -0.39 is 0 Å². The van der Waals surface area contributed by atoms with E-state index in [1.807, 2.05) is 4.90 Å². The highest BCUT2D eigenvalue weighted by atomic mass is 16.5. The maximum atomic E-state index is 13.5. The molecule has 27 heavy (non-hydrogen) atoms. The van der Waals surface area contributed by atoms with Crippen molar-refractivity contribution in [2.24, 2.45) is 23.2 Å². The second-order valence-electron chi connectivity index (χ2n) is 9.27. The summed E-state index contributed by atoms with van der Waals surface area (Å²) in [5, 5.41) is 0. The van der Waals surface area contributed by atoms with Gasteiger partial charge in [0, 0.05) is 33.3 Å². The van der Waals surface area contributed by atoms with E-state index in [9.17, 15) is 9.59 Å². The van der Waals surface area contributed by atoms with E-state index in [1.165, 1.54) is 19.3 Å². The fourth-order valence-electron chi connectivity index (χ4n) is 6.47. The van der Waals surface area contributed by atoms with Gasteiger partial charge in [0.05, 0.1) is 18.6 Å². The van der Waals surface area contributed by atoms with Gasteiger partial charge in [0.1, 0.15) is 6.61 Å². The van der Waals surface area contributed by atoms with Crippen LogP contribution in [0.3, 0.4) is 0 Å². The summed E-state index contributed by atoms with van der Waals surface area (Å²) in [4.78, 5) is 29.8. The lowest BCUT2D eigenvalue weighted by Gasteiger charge is -2.56. The van der Waals surface area contributed by atoms with Gasteiger partial charge in [-0.25, -0.2) is 0 Å². The summed E-state index contributed by atoms with van der Waals surface area (Å²) in [7, 11) is 1.62. The van der Waals surface area contributed by atoms with Crippen molar-refractivity contribution in [3.8, 4) is 0 Å². The zero-order valence-electron chi connectivity index (χ0n) is 16.7. The molecular weight excluding hydrogens is 344 g/mol. The number of hydrogen-bond acceptors (Lipinski definition) is 4. The molecule has 0 aromatic rings. The number of nitrogens with zero attached hydrogens (tertiary/aromatic N) is 2. The van der Waals surface area contributed by atoms with Crippen molar-refractivity contribution in [2.45, 2.75) is 44.9 Å². The summed E-state index contributed by atoms with van der Waals surface area (Å²) in [6.07, 6.45) is 8.29. The molecule has 5 rings (SSSR count). The molecule has 5 fully saturated rings.